The van der Waals surface area contributed by atoms with Gasteiger partial charge in [-0.25, -0.2) is 8.42 Å². The Hall–Kier alpha value is -1.56. The van der Waals surface area contributed by atoms with Crippen molar-refractivity contribution < 1.29 is 13.2 Å². The van der Waals surface area contributed by atoms with E-state index in [4.69, 9.17) is 0 Å². The van der Waals surface area contributed by atoms with E-state index < -0.39 is 16.1 Å². The molecule has 1 fully saturated rings. The van der Waals surface area contributed by atoms with E-state index >= 15 is 0 Å². The van der Waals surface area contributed by atoms with Gasteiger partial charge in [-0.15, -0.1) is 0 Å². The fraction of sp³-hybridized carbons (Fsp3) is 0.611. The smallest absolute Gasteiger partial charge is 0.246 e. The number of carbonyl (C=O) groups is 1. The molecule has 0 heterocycles. The maximum absolute atomic E-state index is 12.9. The van der Waals surface area contributed by atoms with Gasteiger partial charge in [0.05, 0.1) is 11.9 Å². The molecule has 1 atom stereocenters. The van der Waals surface area contributed by atoms with Crippen LogP contribution < -0.4 is 4.31 Å². The monoisotopic (exact) mass is 352 g/mol. The Morgan fingerprint density at radius 3 is 2.25 bits per heavy atom. The van der Waals surface area contributed by atoms with Crippen molar-refractivity contribution in [1.82, 2.24) is 4.90 Å². The lowest BCUT2D eigenvalue weighted by atomic mass is 10.1. The Kier molecular flexibility index (Phi) is 5.58. The third-order valence-electron chi connectivity index (χ3n) is 5.03. The summed E-state index contributed by atoms with van der Waals surface area (Å²) in [6.45, 7) is 5.59. The first kappa shape index (κ1) is 18.8. The highest BCUT2D eigenvalue weighted by molar-refractivity contribution is 7.92. The molecule has 5 nitrogen and oxygen atoms in total. The molecule has 1 amide bonds. The number of carbonyl (C=O) groups excluding carboxylic acids is 1. The second kappa shape index (κ2) is 7.13. The quantitative estimate of drug-likeness (QED) is 0.819. The molecule has 0 radical (unpaired) electrons. The van der Waals surface area contributed by atoms with E-state index in [0.29, 0.717) is 5.69 Å². The van der Waals surface area contributed by atoms with E-state index in [0.717, 1.165) is 43.1 Å². The van der Waals surface area contributed by atoms with Crippen molar-refractivity contribution in [2.75, 3.05) is 17.6 Å². The van der Waals surface area contributed by atoms with Crippen LogP contribution in [0, 0.1) is 13.8 Å². The number of sulfonamides is 1. The summed E-state index contributed by atoms with van der Waals surface area (Å²) in [5.41, 5.74) is 2.64. The van der Waals surface area contributed by atoms with E-state index in [9.17, 15) is 13.2 Å². The van der Waals surface area contributed by atoms with Gasteiger partial charge in [0.15, 0.2) is 0 Å². The standard InChI is InChI=1S/C18H28N2O3S/c1-13-10-11-17(12-14(13)2)20(24(5,22)23)15(3)18(21)19(4)16-8-6-7-9-16/h10-12,15-16H,6-9H2,1-5H3/t15-/m0/s1. The Bertz CT molecular complexity index is 709. The average molecular weight is 353 g/mol. The number of aryl methyl sites for hydroxylation is 2. The van der Waals surface area contributed by atoms with Crippen LogP contribution >= 0.6 is 0 Å². The maximum atomic E-state index is 12.9. The molecule has 0 saturated heterocycles. The number of anilines is 1. The zero-order valence-electron chi connectivity index (χ0n) is 15.2. The molecule has 0 spiro atoms. The van der Waals surface area contributed by atoms with Crippen LogP contribution in [0.3, 0.4) is 0 Å². The van der Waals surface area contributed by atoms with Crippen LogP contribution in [0.4, 0.5) is 5.69 Å². The first-order valence-corrected chi connectivity index (χ1v) is 10.3. The van der Waals surface area contributed by atoms with Gasteiger partial charge < -0.3 is 4.90 Å². The van der Waals surface area contributed by atoms with Crippen molar-refractivity contribution >= 4 is 21.6 Å². The number of rotatable bonds is 5. The third-order valence-corrected chi connectivity index (χ3v) is 6.27. The van der Waals surface area contributed by atoms with Crippen molar-refractivity contribution in [2.45, 2.75) is 58.5 Å². The van der Waals surface area contributed by atoms with E-state index in [2.05, 4.69) is 0 Å². The molecule has 0 bridgehead atoms. The van der Waals surface area contributed by atoms with Crippen LogP contribution in [0.25, 0.3) is 0 Å². The van der Waals surface area contributed by atoms with Gasteiger partial charge in [-0.05, 0) is 56.9 Å². The summed E-state index contributed by atoms with van der Waals surface area (Å²) in [7, 11) is -1.78. The molecule has 6 heteroatoms. The molecule has 1 aromatic rings. The number of hydrogen-bond donors (Lipinski definition) is 0. The van der Waals surface area contributed by atoms with Crippen LogP contribution in [0.1, 0.15) is 43.7 Å². The molecule has 24 heavy (non-hydrogen) atoms. The normalized spacial score (nSPS) is 16.9. The Morgan fingerprint density at radius 2 is 1.75 bits per heavy atom. The van der Waals surface area contributed by atoms with Gasteiger partial charge in [0.2, 0.25) is 15.9 Å². The lowest BCUT2D eigenvalue weighted by Gasteiger charge is -2.33. The number of hydrogen-bond acceptors (Lipinski definition) is 3. The zero-order valence-corrected chi connectivity index (χ0v) is 16.1. The molecule has 134 valence electrons. The van der Waals surface area contributed by atoms with Gasteiger partial charge in [-0.3, -0.25) is 9.10 Å². The predicted molar refractivity (Wildman–Crippen MR) is 97.7 cm³/mol. The molecule has 1 aliphatic rings. The first-order chi connectivity index (χ1) is 11.1. The van der Waals surface area contributed by atoms with Crippen LogP contribution in [0.5, 0.6) is 0 Å². The molecule has 0 unspecified atom stereocenters. The van der Waals surface area contributed by atoms with Crippen molar-refractivity contribution in [3.8, 4) is 0 Å². The number of benzene rings is 1. The Balaban J connectivity index is 2.33. The maximum Gasteiger partial charge on any atom is 0.246 e. The van der Waals surface area contributed by atoms with Gasteiger partial charge in [0, 0.05) is 13.1 Å². The van der Waals surface area contributed by atoms with Gasteiger partial charge >= 0.3 is 0 Å². The number of amides is 1. The molecule has 0 aliphatic heterocycles. The molecule has 0 N–H and O–H groups in total. The van der Waals surface area contributed by atoms with Crippen molar-refractivity contribution in [2.24, 2.45) is 0 Å². The summed E-state index contributed by atoms with van der Waals surface area (Å²) in [6.07, 6.45) is 5.41. The first-order valence-electron chi connectivity index (χ1n) is 8.46. The van der Waals surface area contributed by atoms with Crippen molar-refractivity contribution in [3.05, 3.63) is 29.3 Å². The molecule has 1 saturated carbocycles. The lowest BCUT2D eigenvalue weighted by Crippen LogP contribution is -2.50. The summed E-state index contributed by atoms with van der Waals surface area (Å²) in [5.74, 6) is -0.148. The Morgan fingerprint density at radius 1 is 1.17 bits per heavy atom. The molecule has 2 rings (SSSR count). The summed E-state index contributed by atoms with van der Waals surface area (Å²) in [5, 5.41) is 0. The van der Waals surface area contributed by atoms with E-state index in [1.165, 1.54) is 4.31 Å². The average Bonchev–Trinajstić information content (AvgIpc) is 3.02. The fourth-order valence-electron chi connectivity index (χ4n) is 3.43. The molecular formula is C18H28N2O3S. The van der Waals surface area contributed by atoms with Gasteiger partial charge in [-0.1, -0.05) is 18.9 Å². The van der Waals surface area contributed by atoms with Crippen molar-refractivity contribution in [3.63, 3.8) is 0 Å². The fourth-order valence-corrected chi connectivity index (χ4v) is 4.59. The summed E-state index contributed by atoms with van der Waals surface area (Å²) < 4.78 is 26.0. The minimum atomic E-state index is -3.56. The van der Waals surface area contributed by atoms with Crippen LogP contribution in [-0.2, 0) is 14.8 Å². The zero-order chi connectivity index (χ0) is 18.1. The number of likely N-dealkylation sites (N-methyl/N-ethyl adjacent to an activating group) is 1. The van der Waals surface area contributed by atoms with Crippen LogP contribution in [-0.4, -0.2) is 44.6 Å². The lowest BCUT2D eigenvalue weighted by molar-refractivity contribution is -0.132. The van der Waals surface area contributed by atoms with E-state index in [1.807, 2.05) is 26.0 Å². The molecule has 0 aromatic heterocycles. The Labute approximate surface area is 145 Å². The largest absolute Gasteiger partial charge is 0.341 e. The highest BCUT2D eigenvalue weighted by Gasteiger charge is 2.34. The van der Waals surface area contributed by atoms with E-state index in [-0.39, 0.29) is 11.9 Å². The van der Waals surface area contributed by atoms with Gasteiger partial charge in [-0.2, -0.15) is 0 Å². The topological polar surface area (TPSA) is 57.7 Å². The highest BCUT2D eigenvalue weighted by Crippen LogP contribution is 2.27. The number of nitrogens with zero attached hydrogens (tertiary/aromatic N) is 2. The summed E-state index contributed by atoms with van der Waals surface area (Å²) >= 11 is 0. The highest BCUT2D eigenvalue weighted by atomic mass is 32.2. The van der Waals surface area contributed by atoms with E-state index in [1.54, 1.807) is 24.9 Å². The SMILES string of the molecule is Cc1ccc(N([C@@H](C)C(=O)N(C)C2CCCC2)S(C)(=O)=O)cc1C. The minimum Gasteiger partial charge on any atom is -0.341 e. The molecule has 1 aromatic carbocycles. The second-order valence-electron chi connectivity index (χ2n) is 6.89. The van der Waals surface area contributed by atoms with Gasteiger partial charge in [0.25, 0.3) is 0 Å². The second-order valence-corrected chi connectivity index (χ2v) is 8.75. The molecular weight excluding hydrogens is 324 g/mol. The van der Waals surface area contributed by atoms with Crippen molar-refractivity contribution in [1.29, 1.82) is 0 Å². The summed E-state index contributed by atoms with van der Waals surface area (Å²) in [6, 6.07) is 4.95. The van der Waals surface area contributed by atoms with Crippen LogP contribution in [0.2, 0.25) is 0 Å². The summed E-state index contributed by atoms with van der Waals surface area (Å²) in [4.78, 5) is 14.6. The van der Waals surface area contributed by atoms with Gasteiger partial charge in [0.1, 0.15) is 6.04 Å². The minimum absolute atomic E-state index is 0.148. The van der Waals surface area contributed by atoms with Crippen LogP contribution in [0.15, 0.2) is 18.2 Å². The predicted octanol–water partition coefficient (Wildman–Crippen LogP) is 2.86. The molecule has 1 aliphatic carbocycles. The third kappa shape index (κ3) is 3.91.